The Labute approximate surface area is 217 Å². The van der Waals surface area contributed by atoms with Crippen molar-refractivity contribution in [2.45, 2.75) is 26.8 Å². The number of rotatable bonds is 6. The normalized spacial score (nSPS) is 18.7. The van der Waals surface area contributed by atoms with Gasteiger partial charge in [0.1, 0.15) is 0 Å². The van der Waals surface area contributed by atoms with E-state index in [1.807, 2.05) is 48.5 Å². The molecular formula is C31H33N3O3. The van der Waals surface area contributed by atoms with Gasteiger partial charge in [0.05, 0.1) is 29.6 Å². The number of aromatic nitrogens is 1. The van der Waals surface area contributed by atoms with Gasteiger partial charge in [-0.15, -0.1) is 0 Å². The van der Waals surface area contributed by atoms with Crippen LogP contribution in [0.3, 0.4) is 0 Å². The predicted molar refractivity (Wildman–Crippen MR) is 148 cm³/mol. The van der Waals surface area contributed by atoms with Crippen LogP contribution in [0.2, 0.25) is 0 Å². The van der Waals surface area contributed by atoms with Crippen molar-refractivity contribution in [3.63, 3.8) is 0 Å². The molecule has 190 valence electrons. The van der Waals surface area contributed by atoms with Crippen molar-refractivity contribution in [1.82, 2.24) is 9.88 Å². The van der Waals surface area contributed by atoms with Crippen LogP contribution in [0.1, 0.15) is 47.3 Å². The third-order valence-electron chi connectivity index (χ3n) is 7.01. The van der Waals surface area contributed by atoms with E-state index in [-0.39, 0.29) is 5.88 Å². The van der Waals surface area contributed by atoms with Crippen LogP contribution in [0.4, 0.5) is 5.69 Å². The van der Waals surface area contributed by atoms with Crippen molar-refractivity contribution in [1.29, 1.82) is 0 Å². The molecule has 2 atom stereocenters. The van der Waals surface area contributed by atoms with Crippen LogP contribution in [0.5, 0.6) is 5.88 Å². The SMILES string of the molecule is COC(=O)c1ccc2c(C(=Nc3ccc(CN4CC(C)CC(C)C4)cc3)c3ccccc3)c(O)[nH]c2c1. The Bertz CT molecular complexity index is 1410. The number of nitrogens with one attached hydrogen (secondary N) is 1. The van der Waals surface area contributed by atoms with Crippen LogP contribution in [-0.4, -0.2) is 46.9 Å². The van der Waals surface area contributed by atoms with Crippen LogP contribution in [0, 0.1) is 11.8 Å². The molecule has 3 aromatic carbocycles. The molecule has 0 radical (unpaired) electrons. The van der Waals surface area contributed by atoms with Gasteiger partial charge in [-0.25, -0.2) is 9.79 Å². The summed E-state index contributed by atoms with van der Waals surface area (Å²) in [5, 5.41) is 11.7. The number of benzene rings is 3. The standard InChI is InChI=1S/C31H33N3O3/c1-20-15-21(2)18-34(17-20)19-22-9-12-25(13-10-22)32-29(23-7-5-4-6-8-23)28-26-14-11-24(31(36)37-3)16-27(26)33-30(28)35/h4-14,16,20-21,33,35H,15,17-19H2,1-3H3. The maximum atomic E-state index is 12.0. The zero-order valence-corrected chi connectivity index (χ0v) is 21.6. The number of ether oxygens (including phenoxy) is 1. The van der Waals surface area contributed by atoms with E-state index in [2.05, 4.69) is 35.9 Å². The Hall–Kier alpha value is -3.90. The van der Waals surface area contributed by atoms with Gasteiger partial charge in [0.25, 0.3) is 0 Å². The highest BCUT2D eigenvalue weighted by molar-refractivity contribution is 6.22. The summed E-state index contributed by atoms with van der Waals surface area (Å²) in [6.07, 6.45) is 1.30. The van der Waals surface area contributed by atoms with Gasteiger partial charge < -0.3 is 14.8 Å². The minimum absolute atomic E-state index is 0.00424. The van der Waals surface area contributed by atoms with E-state index in [1.54, 1.807) is 12.1 Å². The lowest BCUT2D eigenvalue weighted by molar-refractivity contribution is 0.0601. The fourth-order valence-electron chi connectivity index (χ4n) is 5.51. The van der Waals surface area contributed by atoms with Crippen LogP contribution in [0.25, 0.3) is 10.9 Å². The summed E-state index contributed by atoms with van der Waals surface area (Å²) in [5.74, 6) is 1.04. The molecule has 1 aromatic heterocycles. The van der Waals surface area contributed by atoms with Gasteiger partial charge >= 0.3 is 5.97 Å². The molecule has 0 amide bonds. The summed E-state index contributed by atoms with van der Waals surface area (Å²) in [6.45, 7) is 7.89. The number of methoxy groups -OCH3 is 1. The van der Waals surface area contributed by atoms with E-state index < -0.39 is 5.97 Å². The second kappa shape index (κ2) is 10.6. The van der Waals surface area contributed by atoms with E-state index in [0.717, 1.165) is 48.1 Å². The summed E-state index contributed by atoms with van der Waals surface area (Å²) in [6, 6.07) is 23.4. The highest BCUT2D eigenvalue weighted by Gasteiger charge is 2.22. The van der Waals surface area contributed by atoms with Crippen molar-refractivity contribution >= 4 is 28.3 Å². The number of likely N-dealkylation sites (tertiary alicyclic amines) is 1. The average molecular weight is 496 g/mol. The lowest BCUT2D eigenvalue weighted by Gasteiger charge is -2.35. The molecule has 37 heavy (non-hydrogen) atoms. The molecule has 0 aliphatic carbocycles. The molecule has 1 saturated heterocycles. The number of carbonyl (C=O) groups is 1. The number of piperidine rings is 1. The zero-order valence-electron chi connectivity index (χ0n) is 21.6. The Morgan fingerprint density at radius 1 is 1.00 bits per heavy atom. The Morgan fingerprint density at radius 2 is 1.70 bits per heavy atom. The number of H-pyrrole nitrogens is 1. The molecular weight excluding hydrogens is 462 g/mol. The van der Waals surface area contributed by atoms with Gasteiger partial charge in [0.2, 0.25) is 0 Å². The molecule has 2 unspecified atom stereocenters. The first-order chi connectivity index (χ1) is 17.9. The largest absolute Gasteiger partial charge is 0.494 e. The molecule has 1 aliphatic rings. The number of aromatic amines is 1. The molecule has 6 heteroatoms. The molecule has 2 N–H and O–H groups in total. The topological polar surface area (TPSA) is 77.9 Å². The number of aliphatic imine (C=N–C) groups is 1. The monoisotopic (exact) mass is 495 g/mol. The minimum Gasteiger partial charge on any atom is -0.494 e. The summed E-state index contributed by atoms with van der Waals surface area (Å²) in [4.78, 5) is 22.6. The average Bonchev–Trinajstić information content (AvgIpc) is 3.22. The first-order valence-electron chi connectivity index (χ1n) is 12.8. The van der Waals surface area contributed by atoms with Gasteiger partial charge in [0, 0.05) is 36.1 Å². The van der Waals surface area contributed by atoms with Gasteiger partial charge in [-0.3, -0.25) is 4.90 Å². The van der Waals surface area contributed by atoms with Crippen molar-refractivity contribution in [2.24, 2.45) is 16.8 Å². The lowest BCUT2D eigenvalue weighted by atomic mass is 9.91. The molecule has 4 aromatic rings. The molecule has 2 heterocycles. The van der Waals surface area contributed by atoms with Gasteiger partial charge in [0.15, 0.2) is 5.88 Å². The quantitative estimate of drug-likeness (QED) is 0.243. The second-order valence-electron chi connectivity index (χ2n) is 10.2. The smallest absolute Gasteiger partial charge is 0.337 e. The van der Waals surface area contributed by atoms with E-state index in [4.69, 9.17) is 9.73 Å². The Kier molecular flexibility index (Phi) is 7.10. The molecule has 0 saturated carbocycles. The molecule has 1 fully saturated rings. The predicted octanol–water partition coefficient (Wildman–Crippen LogP) is 6.31. The van der Waals surface area contributed by atoms with Gasteiger partial charge in [-0.1, -0.05) is 62.4 Å². The third kappa shape index (κ3) is 5.44. The van der Waals surface area contributed by atoms with Crippen molar-refractivity contribution in [3.8, 4) is 5.88 Å². The van der Waals surface area contributed by atoms with Crippen molar-refractivity contribution in [3.05, 3.63) is 95.1 Å². The van der Waals surface area contributed by atoms with Crippen LogP contribution < -0.4 is 0 Å². The lowest BCUT2D eigenvalue weighted by Crippen LogP contribution is -2.38. The van der Waals surface area contributed by atoms with E-state index in [1.165, 1.54) is 19.1 Å². The number of carbonyl (C=O) groups excluding carboxylic acids is 1. The first-order valence-corrected chi connectivity index (χ1v) is 12.8. The van der Waals surface area contributed by atoms with Crippen molar-refractivity contribution < 1.29 is 14.6 Å². The fourth-order valence-corrected chi connectivity index (χ4v) is 5.51. The Balaban J connectivity index is 1.50. The zero-order chi connectivity index (χ0) is 25.9. The number of aromatic hydroxyl groups is 1. The van der Waals surface area contributed by atoms with Crippen LogP contribution >= 0.6 is 0 Å². The number of hydrogen-bond acceptors (Lipinski definition) is 5. The van der Waals surface area contributed by atoms with E-state index in [0.29, 0.717) is 22.4 Å². The number of fused-ring (bicyclic) bond motifs is 1. The molecule has 6 nitrogen and oxygen atoms in total. The number of nitrogens with zero attached hydrogens (tertiary/aromatic N) is 2. The molecule has 0 bridgehead atoms. The maximum Gasteiger partial charge on any atom is 0.337 e. The fraction of sp³-hybridized carbons (Fsp3) is 0.290. The minimum atomic E-state index is -0.428. The molecule has 1 aliphatic heterocycles. The third-order valence-corrected chi connectivity index (χ3v) is 7.01. The van der Waals surface area contributed by atoms with E-state index in [9.17, 15) is 9.90 Å². The van der Waals surface area contributed by atoms with Gasteiger partial charge in [-0.05, 0) is 48.1 Å². The molecule has 5 rings (SSSR count). The summed E-state index contributed by atoms with van der Waals surface area (Å²) < 4.78 is 4.84. The summed E-state index contributed by atoms with van der Waals surface area (Å²) in [7, 11) is 1.35. The van der Waals surface area contributed by atoms with Crippen LogP contribution in [0.15, 0.2) is 77.8 Å². The van der Waals surface area contributed by atoms with Crippen LogP contribution in [-0.2, 0) is 11.3 Å². The highest BCUT2D eigenvalue weighted by Crippen LogP contribution is 2.32. The number of esters is 1. The van der Waals surface area contributed by atoms with E-state index >= 15 is 0 Å². The Morgan fingerprint density at radius 3 is 2.38 bits per heavy atom. The first kappa shape index (κ1) is 24.8. The van der Waals surface area contributed by atoms with Gasteiger partial charge in [-0.2, -0.15) is 0 Å². The maximum absolute atomic E-state index is 12.0. The second-order valence-corrected chi connectivity index (χ2v) is 10.2. The molecule has 0 spiro atoms. The summed E-state index contributed by atoms with van der Waals surface area (Å²) >= 11 is 0. The summed E-state index contributed by atoms with van der Waals surface area (Å²) in [5.41, 5.74) is 5.26. The highest BCUT2D eigenvalue weighted by atomic mass is 16.5. The number of hydrogen-bond donors (Lipinski definition) is 2. The van der Waals surface area contributed by atoms with Crippen molar-refractivity contribution in [2.75, 3.05) is 20.2 Å².